The van der Waals surface area contributed by atoms with Gasteiger partial charge < -0.3 is 5.32 Å². The van der Waals surface area contributed by atoms with Gasteiger partial charge in [0.1, 0.15) is 5.82 Å². The fourth-order valence-electron chi connectivity index (χ4n) is 1.65. The second-order valence-corrected chi connectivity index (χ2v) is 6.30. The van der Waals surface area contributed by atoms with Gasteiger partial charge in [-0.25, -0.2) is 4.39 Å². The Balaban J connectivity index is 2.33. The number of nitrogens with one attached hydrogen (secondary N) is 1. The molecule has 6 heteroatoms. The summed E-state index contributed by atoms with van der Waals surface area (Å²) in [5, 5.41) is 2.80. The van der Waals surface area contributed by atoms with E-state index < -0.39 is 5.82 Å². The Labute approximate surface area is 137 Å². The minimum atomic E-state index is -0.476. The second-order valence-electron chi connectivity index (χ2n) is 4.18. The molecule has 0 saturated carbocycles. The molecule has 2 aromatic carbocycles. The van der Waals surface area contributed by atoms with Gasteiger partial charge in [-0.15, -0.1) is 0 Å². The van der Waals surface area contributed by atoms with Gasteiger partial charge in [0.2, 0.25) is 0 Å². The van der Waals surface area contributed by atoms with E-state index in [4.69, 9.17) is 11.6 Å². The maximum atomic E-state index is 13.1. The molecule has 0 atom stereocenters. The molecule has 104 valence electrons. The van der Waals surface area contributed by atoms with Crippen LogP contribution in [0.4, 0.5) is 10.1 Å². The Bertz CT molecular complexity index is 668. The minimum Gasteiger partial charge on any atom is -0.320 e. The fourth-order valence-corrected chi connectivity index (χ4v) is 3.22. The Morgan fingerprint density at radius 3 is 2.50 bits per heavy atom. The average molecular weight is 421 g/mol. The maximum Gasteiger partial charge on any atom is 0.256 e. The van der Waals surface area contributed by atoms with E-state index in [1.807, 2.05) is 19.1 Å². The van der Waals surface area contributed by atoms with E-state index in [9.17, 15) is 9.18 Å². The summed E-state index contributed by atoms with van der Waals surface area (Å²) < 4.78 is 14.2. The molecule has 2 rings (SSSR count). The molecule has 20 heavy (non-hydrogen) atoms. The first-order chi connectivity index (χ1) is 9.38. The van der Waals surface area contributed by atoms with Gasteiger partial charge in [0.05, 0.1) is 16.3 Å². The summed E-state index contributed by atoms with van der Waals surface area (Å²) in [6.07, 6.45) is 0. The van der Waals surface area contributed by atoms with E-state index >= 15 is 0 Å². The zero-order chi connectivity index (χ0) is 14.9. The topological polar surface area (TPSA) is 29.1 Å². The molecule has 1 N–H and O–H groups in total. The molecule has 0 spiro atoms. The number of halogens is 4. The number of hydrogen-bond donors (Lipinski definition) is 1. The number of carbonyl (C=O) groups is 1. The van der Waals surface area contributed by atoms with Crippen molar-refractivity contribution < 1.29 is 9.18 Å². The number of carbonyl (C=O) groups excluding carboxylic acids is 1. The zero-order valence-electron chi connectivity index (χ0n) is 10.3. The first-order valence-corrected chi connectivity index (χ1v) is 7.57. The lowest BCUT2D eigenvalue weighted by molar-refractivity contribution is 0.102. The van der Waals surface area contributed by atoms with Crippen LogP contribution in [0.15, 0.2) is 39.3 Å². The molecule has 0 saturated heterocycles. The van der Waals surface area contributed by atoms with Crippen molar-refractivity contribution in [1.29, 1.82) is 0 Å². The molecule has 0 radical (unpaired) electrons. The smallest absolute Gasteiger partial charge is 0.256 e. The number of benzene rings is 2. The molecular formula is C14H9Br2ClFNO. The van der Waals surface area contributed by atoms with Crippen LogP contribution in [0.25, 0.3) is 0 Å². The molecule has 0 heterocycles. The fraction of sp³-hybridized carbons (Fsp3) is 0.0714. The van der Waals surface area contributed by atoms with Crippen molar-refractivity contribution in [3.63, 3.8) is 0 Å². The van der Waals surface area contributed by atoms with E-state index in [-0.39, 0.29) is 10.9 Å². The van der Waals surface area contributed by atoms with E-state index in [0.717, 1.165) is 11.6 Å². The molecular weight excluding hydrogens is 412 g/mol. The van der Waals surface area contributed by atoms with Gasteiger partial charge in [0.15, 0.2) is 0 Å². The number of anilines is 1. The lowest BCUT2D eigenvalue weighted by Gasteiger charge is -2.11. The first-order valence-electron chi connectivity index (χ1n) is 5.60. The van der Waals surface area contributed by atoms with Crippen molar-refractivity contribution in [2.45, 2.75) is 6.92 Å². The lowest BCUT2D eigenvalue weighted by Crippen LogP contribution is -2.13. The zero-order valence-corrected chi connectivity index (χ0v) is 14.2. The Hall–Kier alpha value is -0.910. The van der Waals surface area contributed by atoms with E-state index in [1.54, 1.807) is 6.07 Å². The Morgan fingerprint density at radius 2 is 1.90 bits per heavy atom. The van der Waals surface area contributed by atoms with Crippen molar-refractivity contribution in [2.75, 3.05) is 5.32 Å². The van der Waals surface area contributed by atoms with Crippen LogP contribution in [0, 0.1) is 12.7 Å². The number of aryl methyl sites for hydroxylation is 1. The predicted octanol–water partition coefficient (Wildman–Crippen LogP) is 5.56. The van der Waals surface area contributed by atoms with Gasteiger partial charge in [-0.2, -0.15) is 0 Å². The number of amides is 1. The third-order valence-corrected chi connectivity index (χ3v) is 4.19. The summed E-state index contributed by atoms with van der Waals surface area (Å²) >= 11 is 12.5. The Morgan fingerprint density at radius 1 is 1.20 bits per heavy atom. The molecule has 2 nitrogen and oxygen atoms in total. The highest BCUT2D eigenvalue weighted by Crippen LogP contribution is 2.32. The van der Waals surface area contributed by atoms with Crippen molar-refractivity contribution in [2.24, 2.45) is 0 Å². The van der Waals surface area contributed by atoms with Gasteiger partial charge in [0, 0.05) is 8.95 Å². The van der Waals surface area contributed by atoms with E-state index in [0.29, 0.717) is 20.2 Å². The average Bonchev–Trinajstić information content (AvgIpc) is 2.33. The minimum absolute atomic E-state index is 0.133. The molecule has 0 aliphatic rings. The monoisotopic (exact) mass is 419 g/mol. The Kier molecular flexibility index (Phi) is 4.83. The molecule has 1 amide bonds. The quantitative estimate of drug-likeness (QED) is 0.675. The first kappa shape index (κ1) is 15.5. The van der Waals surface area contributed by atoms with Crippen LogP contribution in [0.2, 0.25) is 5.02 Å². The number of rotatable bonds is 2. The van der Waals surface area contributed by atoms with Crippen molar-refractivity contribution in [1.82, 2.24) is 0 Å². The highest BCUT2D eigenvalue weighted by Gasteiger charge is 2.15. The highest BCUT2D eigenvalue weighted by molar-refractivity contribution is 9.11. The maximum absolute atomic E-state index is 13.1. The van der Waals surface area contributed by atoms with Crippen LogP contribution in [-0.4, -0.2) is 5.91 Å². The summed E-state index contributed by atoms with van der Waals surface area (Å²) in [4.78, 5) is 12.2. The summed E-state index contributed by atoms with van der Waals surface area (Å²) in [6, 6.07) is 7.77. The number of hydrogen-bond acceptors (Lipinski definition) is 1. The van der Waals surface area contributed by atoms with Crippen molar-refractivity contribution in [3.05, 3.63) is 61.2 Å². The van der Waals surface area contributed by atoms with Crippen LogP contribution in [-0.2, 0) is 0 Å². The summed E-state index contributed by atoms with van der Waals surface area (Å²) in [5.41, 5.74) is 1.85. The molecule has 0 aliphatic carbocycles. The van der Waals surface area contributed by atoms with Gasteiger partial charge in [-0.3, -0.25) is 4.79 Å². The molecule has 2 aromatic rings. The molecule has 0 bridgehead atoms. The van der Waals surface area contributed by atoms with Crippen LogP contribution in [0.3, 0.4) is 0 Å². The van der Waals surface area contributed by atoms with Crippen LogP contribution in [0.5, 0.6) is 0 Å². The summed E-state index contributed by atoms with van der Waals surface area (Å²) in [5.74, 6) is -0.803. The van der Waals surface area contributed by atoms with Gasteiger partial charge in [-0.05, 0) is 68.6 Å². The second kappa shape index (κ2) is 6.24. The highest BCUT2D eigenvalue weighted by atomic mass is 79.9. The standard InChI is InChI=1S/C14H9Br2ClFNO/c1-7-2-3-9(10(15)4-7)14(20)19-13-11(16)5-8(18)6-12(13)17/h2-6H,1H3,(H,19,20). The normalized spacial score (nSPS) is 10.4. The SMILES string of the molecule is Cc1ccc(C(=O)Nc2c(Cl)cc(F)cc2Br)c(Br)c1. The van der Waals surface area contributed by atoms with Crippen LogP contribution < -0.4 is 5.32 Å². The van der Waals surface area contributed by atoms with Crippen LogP contribution in [0.1, 0.15) is 15.9 Å². The molecule has 0 fully saturated rings. The van der Waals surface area contributed by atoms with E-state index in [2.05, 4.69) is 37.2 Å². The largest absolute Gasteiger partial charge is 0.320 e. The van der Waals surface area contributed by atoms with Gasteiger partial charge in [-0.1, -0.05) is 17.7 Å². The van der Waals surface area contributed by atoms with Crippen molar-refractivity contribution >= 4 is 55.1 Å². The van der Waals surface area contributed by atoms with Gasteiger partial charge >= 0.3 is 0 Å². The predicted molar refractivity (Wildman–Crippen MR) is 85.9 cm³/mol. The third-order valence-electron chi connectivity index (χ3n) is 2.61. The molecule has 0 aromatic heterocycles. The van der Waals surface area contributed by atoms with E-state index in [1.165, 1.54) is 6.07 Å². The third kappa shape index (κ3) is 3.40. The van der Waals surface area contributed by atoms with Gasteiger partial charge in [0.25, 0.3) is 5.91 Å². The molecule has 0 unspecified atom stereocenters. The van der Waals surface area contributed by atoms with Crippen molar-refractivity contribution in [3.8, 4) is 0 Å². The van der Waals surface area contributed by atoms with Crippen LogP contribution >= 0.6 is 43.5 Å². The summed E-state index contributed by atoms with van der Waals surface area (Å²) in [6.45, 7) is 1.93. The molecule has 0 aliphatic heterocycles. The lowest BCUT2D eigenvalue weighted by atomic mass is 10.1. The summed E-state index contributed by atoms with van der Waals surface area (Å²) in [7, 11) is 0.